The highest BCUT2D eigenvalue weighted by atomic mass is 16.5. The monoisotopic (exact) mass is 221 g/mol. The van der Waals surface area contributed by atoms with Crippen molar-refractivity contribution in [2.24, 2.45) is 5.73 Å². The largest absolute Gasteiger partial charge is 0.373 e. The maximum Gasteiger partial charge on any atom is 0.128 e. The third-order valence-corrected chi connectivity index (χ3v) is 2.88. The van der Waals surface area contributed by atoms with Crippen LogP contribution in [0.3, 0.4) is 0 Å². The molecule has 0 aliphatic carbocycles. The Morgan fingerprint density at radius 1 is 1.56 bits per heavy atom. The lowest BCUT2D eigenvalue weighted by Crippen LogP contribution is -2.49. The van der Waals surface area contributed by atoms with E-state index in [1.54, 1.807) is 0 Å². The Hall–Kier alpha value is -1.13. The van der Waals surface area contributed by atoms with Crippen LogP contribution in [0.5, 0.6) is 0 Å². The first-order valence-corrected chi connectivity index (χ1v) is 5.72. The topological polar surface area (TPSA) is 51.4 Å². The fraction of sp³-hybridized carbons (Fsp3) is 0.583. The van der Waals surface area contributed by atoms with Gasteiger partial charge >= 0.3 is 0 Å². The Morgan fingerprint density at radius 2 is 2.38 bits per heavy atom. The van der Waals surface area contributed by atoms with Gasteiger partial charge in [0.25, 0.3) is 0 Å². The van der Waals surface area contributed by atoms with Crippen LogP contribution in [0, 0.1) is 6.92 Å². The van der Waals surface area contributed by atoms with Crippen LogP contribution in [0.15, 0.2) is 18.2 Å². The molecule has 2 heterocycles. The molecule has 0 aromatic carbocycles. The molecule has 1 aromatic heterocycles. The SMILES string of the molecule is Cc1cccc(N2CCOC(C(C)N)C2)n1. The molecule has 0 saturated carbocycles. The molecular formula is C12H19N3O. The molecule has 1 aliphatic rings. The number of morpholine rings is 1. The standard InChI is InChI=1S/C12H19N3O/c1-9-4-3-5-12(14-9)15-6-7-16-11(8-15)10(2)13/h3-5,10-11H,6-8,13H2,1-2H3. The molecule has 0 amide bonds. The molecular weight excluding hydrogens is 202 g/mol. The first-order chi connectivity index (χ1) is 7.66. The molecule has 2 unspecified atom stereocenters. The minimum absolute atomic E-state index is 0.0626. The molecule has 88 valence electrons. The summed E-state index contributed by atoms with van der Waals surface area (Å²) in [6, 6.07) is 6.14. The number of pyridine rings is 1. The number of nitrogens with zero attached hydrogens (tertiary/aromatic N) is 2. The van der Waals surface area contributed by atoms with Crippen molar-refractivity contribution in [2.75, 3.05) is 24.6 Å². The van der Waals surface area contributed by atoms with E-state index < -0.39 is 0 Å². The Kier molecular flexibility index (Phi) is 3.41. The quantitative estimate of drug-likeness (QED) is 0.807. The normalized spacial score (nSPS) is 23.2. The zero-order valence-electron chi connectivity index (χ0n) is 9.89. The lowest BCUT2D eigenvalue weighted by molar-refractivity contribution is 0.0273. The zero-order chi connectivity index (χ0) is 11.5. The number of rotatable bonds is 2. The number of nitrogens with two attached hydrogens (primary N) is 1. The smallest absolute Gasteiger partial charge is 0.128 e. The average Bonchev–Trinajstić information content (AvgIpc) is 2.29. The molecule has 1 fully saturated rings. The minimum Gasteiger partial charge on any atom is -0.373 e. The van der Waals surface area contributed by atoms with Crippen molar-refractivity contribution in [3.05, 3.63) is 23.9 Å². The van der Waals surface area contributed by atoms with E-state index in [9.17, 15) is 0 Å². The molecule has 0 spiro atoms. The molecule has 1 aliphatic heterocycles. The van der Waals surface area contributed by atoms with Crippen molar-refractivity contribution in [3.8, 4) is 0 Å². The number of hydrogen-bond donors (Lipinski definition) is 1. The molecule has 0 bridgehead atoms. The van der Waals surface area contributed by atoms with E-state index in [0.29, 0.717) is 0 Å². The summed E-state index contributed by atoms with van der Waals surface area (Å²) in [5.41, 5.74) is 6.91. The van der Waals surface area contributed by atoms with Gasteiger partial charge in [-0.15, -0.1) is 0 Å². The highest BCUT2D eigenvalue weighted by molar-refractivity contribution is 5.39. The van der Waals surface area contributed by atoms with Crippen LogP contribution >= 0.6 is 0 Å². The van der Waals surface area contributed by atoms with Crippen LogP contribution in [-0.4, -0.2) is 36.8 Å². The molecule has 2 N–H and O–H groups in total. The van der Waals surface area contributed by atoms with E-state index in [1.165, 1.54) is 0 Å². The zero-order valence-corrected chi connectivity index (χ0v) is 9.89. The van der Waals surface area contributed by atoms with Crippen molar-refractivity contribution < 1.29 is 4.74 Å². The molecule has 1 aromatic rings. The van der Waals surface area contributed by atoms with Crippen molar-refractivity contribution in [1.82, 2.24) is 4.98 Å². The van der Waals surface area contributed by atoms with Crippen LogP contribution in [0.2, 0.25) is 0 Å². The highest BCUT2D eigenvalue weighted by Crippen LogP contribution is 2.16. The summed E-state index contributed by atoms with van der Waals surface area (Å²) in [5.74, 6) is 1.02. The second kappa shape index (κ2) is 4.80. The summed E-state index contributed by atoms with van der Waals surface area (Å²) < 4.78 is 5.63. The molecule has 1 saturated heterocycles. The van der Waals surface area contributed by atoms with Gasteiger partial charge in [0.2, 0.25) is 0 Å². The van der Waals surface area contributed by atoms with Crippen LogP contribution in [0.1, 0.15) is 12.6 Å². The van der Waals surface area contributed by atoms with Gasteiger partial charge in [-0.1, -0.05) is 6.07 Å². The molecule has 0 radical (unpaired) electrons. The predicted octanol–water partition coefficient (Wildman–Crippen LogP) is 0.942. The fourth-order valence-electron chi connectivity index (χ4n) is 1.91. The Labute approximate surface area is 96.4 Å². The van der Waals surface area contributed by atoms with Gasteiger partial charge < -0.3 is 15.4 Å². The van der Waals surface area contributed by atoms with E-state index >= 15 is 0 Å². The summed E-state index contributed by atoms with van der Waals surface area (Å²) in [4.78, 5) is 6.76. The van der Waals surface area contributed by atoms with Crippen LogP contribution < -0.4 is 10.6 Å². The third-order valence-electron chi connectivity index (χ3n) is 2.88. The predicted molar refractivity (Wildman–Crippen MR) is 64.6 cm³/mol. The summed E-state index contributed by atoms with van der Waals surface area (Å²) in [7, 11) is 0. The van der Waals surface area contributed by atoms with Gasteiger partial charge in [-0.05, 0) is 26.0 Å². The second-order valence-electron chi connectivity index (χ2n) is 4.35. The van der Waals surface area contributed by atoms with E-state index in [-0.39, 0.29) is 12.1 Å². The maximum absolute atomic E-state index is 5.87. The maximum atomic E-state index is 5.87. The van der Waals surface area contributed by atoms with Crippen molar-refractivity contribution in [1.29, 1.82) is 0 Å². The van der Waals surface area contributed by atoms with Gasteiger partial charge in [0, 0.05) is 24.8 Å². The van der Waals surface area contributed by atoms with Gasteiger partial charge in [0.1, 0.15) is 5.82 Å². The van der Waals surface area contributed by atoms with Gasteiger partial charge in [-0.2, -0.15) is 0 Å². The fourth-order valence-corrected chi connectivity index (χ4v) is 1.91. The van der Waals surface area contributed by atoms with Crippen molar-refractivity contribution >= 4 is 5.82 Å². The van der Waals surface area contributed by atoms with Crippen LogP contribution in [0.25, 0.3) is 0 Å². The number of hydrogen-bond acceptors (Lipinski definition) is 4. The molecule has 4 nitrogen and oxygen atoms in total. The van der Waals surface area contributed by atoms with E-state index in [1.807, 2.05) is 32.0 Å². The van der Waals surface area contributed by atoms with Gasteiger partial charge in [0.15, 0.2) is 0 Å². The minimum atomic E-state index is 0.0626. The van der Waals surface area contributed by atoms with Crippen LogP contribution in [-0.2, 0) is 4.74 Å². The lowest BCUT2D eigenvalue weighted by atomic mass is 10.1. The molecule has 4 heteroatoms. The van der Waals surface area contributed by atoms with Gasteiger partial charge in [-0.3, -0.25) is 0 Å². The molecule has 2 rings (SSSR count). The third kappa shape index (κ3) is 2.51. The van der Waals surface area contributed by atoms with E-state index in [4.69, 9.17) is 10.5 Å². The summed E-state index contributed by atoms with van der Waals surface area (Å²) >= 11 is 0. The number of aromatic nitrogens is 1. The molecule has 2 atom stereocenters. The second-order valence-corrected chi connectivity index (χ2v) is 4.35. The number of aryl methyl sites for hydroxylation is 1. The number of anilines is 1. The summed E-state index contributed by atoms with van der Waals surface area (Å²) in [6.45, 7) is 6.43. The van der Waals surface area contributed by atoms with Gasteiger partial charge in [-0.25, -0.2) is 4.98 Å². The Morgan fingerprint density at radius 3 is 3.06 bits per heavy atom. The summed E-state index contributed by atoms with van der Waals surface area (Å²) in [5, 5.41) is 0. The Bertz CT molecular complexity index is 354. The Balaban J connectivity index is 2.09. The molecule has 16 heavy (non-hydrogen) atoms. The van der Waals surface area contributed by atoms with Gasteiger partial charge in [0.05, 0.1) is 12.7 Å². The first-order valence-electron chi connectivity index (χ1n) is 5.72. The van der Waals surface area contributed by atoms with Crippen molar-refractivity contribution in [3.63, 3.8) is 0 Å². The first kappa shape index (κ1) is 11.4. The lowest BCUT2D eigenvalue weighted by Gasteiger charge is -2.35. The average molecular weight is 221 g/mol. The van der Waals surface area contributed by atoms with Crippen LogP contribution in [0.4, 0.5) is 5.82 Å². The van der Waals surface area contributed by atoms with E-state index in [2.05, 4.69) is 9.88 Å². The summed E-state index contributed by atoms with van der Waals surface area (Å²) in [6.07, 6.45) is 0.107. The number of ether oxygens (including phenoxy) is 1. The van der Waals surface area contributed by atoms with E-state index in [0.717, 1.165) is 31.2 Å². The highest BCUT2D eigenvalue weighted by Gasteiger charge is 2.23. The van der Waals surface area contributed by atoms with Crippen molar-refractivity contribution in [2.45, 2.75) is 26.0 Å².